The van der Waals surface area contributed by atoms with Crippen molar-refractivity contribution in [2.24, 2.45) is 5.92 Å². The first-order chi connectivity index (χ1) is 9.16. The molecule has 2 nitrogen and oxygen atoms in total. The van der Waals surface area contributed by atoms with Crippen LogP contribution in [0, 0.1) is 12.8 Å². The van der Waals surface area contributed by atoms with Crippen LogP contribution in [-0.4, -0.2) is 26.2 Å². The van der Waals surface area contributed by atoms with Crippen LogP contribution in [0.2, 0.25) is 0 Å². The predicted molar refractivity (Wildman–Crippen MR) is 83.9 cm³/mol. The Morgan fingerprint density at radius 2 is 1.84 bits per heavy atom. The molecule has 0 saturated heterocycles. The van der Waals surface area contributed by atoms with Gasteiger partial charge in [-0.2, -0.15) is 0 Å². The fourth-order valence-corrected chi connectivity index (χ4v) is 2.97. The number of aryl methyl sites for hydroxylation is 1. The van der Waals surface area contributed by atoms with E-state index < -0.39 is 0 Å². The lowest BCUT2D eigenvalue weighted by Gasteiger charge is -2.30. The van der Waals surface area contributed by atoms with Crippen molar-refractivity contribution in [2.75, 3.05) is 25.0 Å². The van der Waals surface area contributed by atoms with E-state index in [9.17, 15) is 0 Å². The van der Waals surface area contributed by atoms with E-state index in [1.807, 2.05) is 0 Å². The Balaban J connectivity index is 1.74. The summed E-state index contributed by atoms with van der Waals surface area (Å²) in [5, 5.41) is 3.74. The second-order valence-electron chi connectivity index (χ2n) is 6.08. The second-order valence-corrected chi connectivity index (χ2v) is 6.08. The van der Waals surface area contributed by atoms with E-state index in [4.69, 9.17) is 0 Å². The van der Waals surface area contributed by atoms with Crippen LogP contribution in [0.1, 0.15) is 38.2 Å². The van der Waals surface area contributed by atoms with Crippen molar-refractivity contribution >= 4 is 5.69 Å². The van der Waals surface area contributed by atoms with Crippen molar-refractivity contribution in [3.05, 3.63) is 29.8 Å². The molecule has 1 aliphatic carbocycles. The summed E-state index contributed by atoms with van der Waals surface area (Å²) in [5.41, 5.74) is 2.63. The highest BCUT2D eigenvalue weighted by Crippen LogP contribution is 2.23. The minimum atomic E-state index is 0.736. The Kier molecular flexibility index (Phi) is 5.26. The van der Waals surface area contributed by atoms with Crippen LogP contribution in [0.4, 0.5) is 5.69 Å². The molecule has 0 heterocycles. The highest BCUT2D eigenvalue weighted by molar-refractivity contribution is 5.46. The lowest BCUT2D eigenvalue weighted by atomic mass is 9.86. The van der Waals surface area contributed by atoms with Crippen molar-refractivity contribution < 1.29 is 0 Å². The first-order valence-corrected chi connectivity index (χ1v) is 7.68. The maximum atomic E-state index is 3.74. The van der Waals surface area contributed by atoms with Gasteiger partial charge in [0.25, 0.3) is 0 Å². The van der Waals surface area contributed by atoms with Gasteiger partial charge in [0.05, 0.1) is 0 Å². The SMILES string of the molecule is Cc1ccc(N(C)CCNC2CCCCC2C)cc1. The Morgan fingerprint density at radius 3 is 2.53 bits per heavy atom. The molecule has 2 atom stereocenters. The lowest BCUT2D eigenvalue weighted by molar-refractivity contribution is 0.283. The lowest BCUT2D eigenvalue weighted by Crippen LogP contribution is -2.41. The van der Waals surface area contributed by atoms with E-state index in [1.54, 1.807) is 0 Å². The van der Waals surface area contributed by atoms with Gasteiger partial charge in [0.1, 0.15) is 0 Å². The molecular formula is C17H28N2. The van der Waals surface area contributed by atoms with Crippen molar-refractivity contribution in [3.8, 4) is 0 Å². The molecule has 0 radical (unpaired) electrons. The normalized spacial score (nSPS) is 23.3. The van der Waals surface area contributed by atoms with Crippen LogP contribution in [0.15, 0.2) is 24.3 Å². The van der Waals surface area contributed by atoms with Crippen LogP contribution in [0.3, 0.4) is 0 Å². The summed E-state index contributed by atoms with van der Waals surface area (Å²) in [7, 11) is 2.18. The van der Waals surface area contributed by atoms with Crippen molar-refractivity contribution in [3.63, 3.8) is 0 Å². The Morgan fingerprint density at radius 1 is 1.16 bits per heavy atom. The van der Waals surface area contributed by atoms with E-state index in [1.165, 1.54) is 36.9 Å². The standard InChI is InChI=1S/C17H28N2/c1-14-8-10-16(11-9-14)19(3)13-12-18-17-7-5-4-6-15(17)2/h8-11,15,17-18H,4-7,12-13H2,1-3H3. The first kappa shape index (κ1) is 14.4. The number of anilines is 1. The molecule has 2 unspecified atom stereocenters. The zero-order valence-electron chi connectivity index (χ0n) is 12.7. The van der Waals surface area contributed by atoms with Crippen molar-refractivity contribution in [2.45, 2.75) is 45.6 Å². The van der Waals surface area contributed by atoms with Gasteiger partial charge in [-0.3, -0.25) is 0 Å². The first-order valence-electron chi connectivity index (χ1n) is 7.68. The highest BCUT2D eigenvalue weighted by Gasteiger charge is 2.20. The molecule has 1 aromatic rings. The third-order valence-electron chi connectivity index (χ3n) is 4.44. The number of likely N-dealkylation sites (N-methyl/N-ethyl adjacent to an activating group) is 1. The molecule has 1 N–H and O–H groups in total. The third-order valence-corrected chi connectivity index (χ3v) is 4.44. The van der Waals surface area contributed by atoms with Crippen molar-refractivity contribution in [1.29, 1.82) is 0 Å². The molecule has 0 aliphatic heterocycles. The summed E-state index contributed by atoms with van der Waals surface area (Å²) in [6.07, 6.45) is 5.57. The summed E-state index contributed by atoms with van der Waals surface area (Å²) in [4.78, 5) is 2.33. The Labute approximate surface area is 118 Å². The van der Waals surface area contributed by atoms with Gasteiger partial charge >= 0.3 is 0 Å². The molecule has 0 aromatic heterocycles. The second kappa shape index (κ2) is 6.95. The third kappa shape index (κ3) is 4.24. The summed E-state index contributed by atoms with van der Waals surface area (Å²) in [6, 6.07) is 9.52. The molecule has 106 valence electrons. The predicted octanol–water partition coefficient (Wildman–Crippen LogP) is 3.60. The fraction of sp³-hybridized carbons (Fsp3) is 0.647. The Bertz CT molecular complexity index is 371. The Hall–Kier alpha value is -1.02. The molecule has 0 spiro atoms. The molecule has 19 heavy (non-hydrogen) atoms. The minimum Gasteiger partial charge on any atom is -0.373 e. The fourth-order valence-electron chi connectivity index (χ4n) is 2.97. The summed E-state index contributed by atoms with van der Waals surface area (Å²) < 4.78 is 0. The van der Waals surface area contributed by atoms with E-state index in [0.717, 1.165) is 25.0 Å². The quantitative estimate of drug-likeness (QED) is 0.870. The molecular weight excluding hydrogens is 232 g/mol. The molecule has 1 aliphatic rings. The topological polar surface area (TPSA) is 15.3 Å². The van der Waals surface area contributed by atoms with Gasteiger partial charge < -0.3 is 10.2 Å². The minimum absolute atomic E-state index is 0.736. The van der Waals surface area contributed by atoms with Crippen LogP contribution >= 0.6 is 0 Å². The van der Waals surface area contributed by atoms with Crippen LogP contribution in [-0.2, 0) is 0 Å². The maximum absolute atomic E-state index is 3.74. The number of benzene rings is 1. The summed E-state index contributed by atoms with van der Waals surface area (Å²) in [5.74, 6) is 0.846. The molecule has 2 heteroatoms. The number of nitrogens with one attached hydrogen (secondary N) is 1. The molecule has 0 bridgehead atoms. The van der Waals surface area contributed by atoms with E-state index in [2.05, 4.69) is 55.4 Å². The zero-order chi connectivity index (χ0) is 13.7. The molecule has 1 saturated carbocycles. The number of hydrogen-bond acceptors (Lipinski definition) is 2. The van der Waals surface area contributed by atoms with Gasteiger partial charge in [-0.1, -0.05) is 37.5 Å². The average Bonchev–Trinajstić information content (AvgIpc) is 2.41. The van der Waals surface area contributed by atoms with E-state index in [0.29, 0.717) is 0 Å². The van der Waals surface area contributed by atoms with Gasteiger partial charge in [-0.25, -0.2) is 0 Å². The van der Waals surface area contributed by atoms with E-state index in [-0.39, 0.29) is 0 Å². The zero-order valence-corrected chi connectivity index (χ0v) is 12.7. The number of rotatable bonds is 5. The van der Waals surface area contributed by atoms with Gasteiger partial charge in [0, 0.05) is 31.9 Å². The largest absolute Gasteiger partial charge is 0.373 e. The van der Waals surface area contributed by atoms with Gasteiger partial charge in [-0.15, -0.1) is 0 Å². The average molecular weight is 260 g/mol. The smallest absolute Gasteiger partial charge is 0.0364 e. The number of hydrogen-bond donors (Lipinski definition) is 1. The van der Waals surface area contributed by atoms with E-state index >= 15 is 0 Å². The molecule has 1 aromatic carbocycles. The van der Waals surface area contributed by atoms with Crippen LogP contribution in [0.25, 0.3) is 0 Å². The molecule has 2 rings (SSSR count). The summed E-state index contributed by atoms with van der Waals surface area (Å²) in [6.45, 7) is 6.68. The van der Waals surface area contributed by atoms with Gasteiger partial charge in [-0.05, 0) is 37.8 Å². The molecule has 1 fully saturated rings. The van der Waals surface area contributed by atoms with Crippen LogP contribution in [0.5, 0.6) is 0 Å². The van der Waals surface area contributed by atoms with Gasteiger partial charge in [0.2, 0.25) is 0 Å². The van der Waals surface area contributed by atoms with Crippen LogP contribution < -0.4 is 10.2 Å². The van der Waals surface area contributed by atoms with Crippen molar-refractivity contribution in [1.82, 2.24) is 5.32 Å². The summed E-state index contributed by atoms with van der Waals surface area (Å²) >= 11 is 0. The monoisotopic (exact) mass is 260 g/mol. The number of nitrogens with zero attached hydrogens (tertiary/aromatic N) is 1. The highest BCUT2D eigenvalue weighted by atomic mass is 15.1. The maximum Gasteiger partial charge on any atom is 0.0364 e. The van der Waals surface area contributed by atoms with Gasteiger partial charge in [0.15, 0.2) is 0 Å². The molecule has 0 amide bonds.